The van der Waals surface area contributed by atoms with E-state index in [9.17, 15) is 19.5 Å². The van der Waals surface area contributed by atoms with Gasteiger partial charge in [-0.15, -0.1) is 0 Å². The fraction of sp³-hybridized carbons (Fsp3) is 0.348. The van der Waals surface area contributed by atoms with Gasteiger partial charge in [-0.2, -0.15) is 12.6 Å². The highest BCUT2D eigenvalue weighted by Gasteiger charge is 2.35. The predicted octanol–water partition coefficient (Wildman–Crippen LogP) is 3.90. The highest BCUT2D eigenvalue weighted by atomic mass is 32.1. The minimum absolute atomic E-state index is 0.0449. The predicted molar refractivity (Wildman–Crippen MR) is 121 cm³/mol. The Morgan fingerprint density at radius 2 is 1.81 bits per heavy atom. The maximum atomic E-state index is 12.6. The van der Waals surface area contributed by atoms with Crippen LogP contribution in [0.1, 0.15) is 42.3 Å². The number of methoxy groups -OCH3 is 1. The molecule has 0 aliphatic heterocycles. The average Bonchev–Trinajstić information content (AvgIpc) is 2.77. The quantitative estimate of drug-likeness (QED) is 0.384. The first-order chi connectivity index (χ1) is 15.2. The number of nitrogens with one attached hydrogen (secondary N) is 1. The second-order valence-electron chi connectivity index (χ2n) is 7.65. The van der Waals surface area contributed by atoms with Crippen LogP contribution in [0.25, 0.3) is 0 Å². The van der Waals surface area contributed by atoms with Crippen molar-refractivity contribution in [2.45, 2.75) is 26.4 Å². The number of thiol groups is 1. The van der Waals surface area contributed by atoms with Crippen molar-refractivity contribution in [3.8, 4) is 11.5 Å². The molecule has 172 valence electrons. The van der Waals surface area contributed by atoms with E-state index in [4.69, 9.17) is 14.2 Å². The van der Waals surface area contributed by atoms with Crippen LogP contribution in [-0.2, 0) is 14.3 Å². The first-order valence-electron chi connectivity index (χ1n) is 9.88. The lowest BCUT2D eigenvalue weighted by Gasteiger charge is -2.34. The van der Waals surface area contributed by atoms with E-state index in [0.29, 0.717) is 17.5 Å². The number of amides is 2. The molecular weight excluding hydrogens is 434 g/mol. The van der Waals surface area contributed by atoms with Gasteiger partial charge in [-0.3, -0.25) is 14.9 Å². The molecule has 8 nitrogen and oxygen atoms in total. The molecule has 2 aromatic carbocycles. The van der Waals surface area contributed by atoms with Crippen LogP contribution in [0.5, 0.6) is 11.5 Å². The summed E-state index contributed by atoms with van der Waals surface area (Å²) in [7, 11) is 1.42. The lowest BCUT2D eigenvalue weighted by molar-refractivity contribution is -0.141. The van der Waals surface area contributed by atoms with Crippen molar-refractivity contribution >= 4 is 30.6 Å². The minimum atomic E-state index is -0.945. The molecule has 9 heteroatoms. The zero-order chi connectivity index (χ0) is 23.7. The van der Waals surface area contributed by atoms with Crippen LogP contribution in [0.3, 0.4) is 0 Å². The van der Waals surface area contributed by atoms with E-state index in [1.807, 2.05) is 13.8 Å². The van der Waals surface area contributed by atoms with Crippen LogP contribution >= 0.6 is 12.6 Å². The number of carbonyl (C=O) groups excluding carboxylic acids is 3. The number of phenols is 1. The number of carbonyl (C=O) groups is 3. The van der Waals surface area contributed by atoms with Gasteiger partial charge in [0.1, 0.15) is 6.10 Å². The number of phenolic OH excluding ortho intramolecular Hbond substituents is 1. The number of aromatic hydroxyl groups is 1. The normalized spacial score (nSPS) is 11.9. The van der Waals surface area contributed by atoms with Gasteiger partial charge in [-0.05, 0) is 36.2 Å². The van der Waals surface area contributed by atoms with Crippen molar-refractivity contribution in [1.82, 2.24) is 5.32 Å². The molecule has 1 atom stereocenters. The maximum absolute atomic E-state index is 12.6. The SMILES string of the molecule is COc1ccc([C@H](OC(=O)NC(=O)c2ccccc2)C(C)(C)CCOC(=O)CS)cc1O. The number of ether oxygens (including phenoxy) is 3. The summed E-state index contributed by atoms with van der Waals surface area (Å²) in [5.41, 5.74) is 0.0579. The molecule has 0 unspecified atom stereocenters. The number of esters is 1. The lowest BCUT2D eigenvalue weighted by Crippen LogP contribution is -2.36. The molecule has 2 aromatic rings. The van der Waals surface area contributed by atoms with Gasteiger partial charge in [0.2, 0.25) is 0 Å². The first kappa shape index (κ1) is 25.1. The second-order valence-corrected chi connectivity index (χ2v) is 7.97. The van der Waals surface area contributed by atoms with Crippen LogP contribution in [0.2, 0.25) is 0 Å². The molecule has 0 aromatic heterocycles. The van der Waals surface area contributed by atoms with Crippen LogP contribution in [0, 0.1) is 5.41 Å². The molecule has 0 fully saturated rings. The smallest absolute Gasteiger partial charge is 0.414 e. The number of imide groups is 1. The van der Waals surface area contributed by atoms with Gasteiger partial charge in [-0.25, -0.2) is 4.79 Å². The maximum Gasteiger partial charge on any atom is 0.414 e. The van der Waals surface area contributed by atoms with Crippen molar-refractivity contribution in [2.24, 2.45) is 5.41 Å². The number of rotatable bonds is 9. The zero-order valence-corrected chi connectivity index (χ0v) is 19.1. The molecule has 0 radical (unpaired) electrons. The van der Waals surface area contributed by atoms with E-state index in [1.165, 1.54) is 13.2 Å². The minimum Gasteiger partial charge on any atom is -0.504 e. The second kappa shape index (κ2) is 11.4. The Morgan fingerprint density at radius 1 is 1.12 bits per heavy atom. The molecule has 2 amide bonds. The summed E-state index contributed by atoms with van der Waals surface area (Å²) in [6, 6.07) is 12.9. The molecule has 2 rings (SSSR count). The van der Waals surface area contributed by atoms with Crippen molar-refractivity contribution < 1.29 is 33.7 Å². The van der Waals surface area contributed by atoms with E-state index in [1.54, 1.807) is 42.5 Å². The Balaban J connectivity index is 2.23. The van der Waals surface area contributed by atoms with E-state index in [-0.39, 0.29) is 23.9 Å². The number of hydrogen-bond acceptors (Lipinski definition) is 8. The average molecular weight is 462 g/mol. The Morgan fingerprint density at radius 3 is 2.41 bits per heavy atom. The third-order valence-corrected chi connectivity index (χ3v) is 5.09. The van der Waals surface area contributed by atoms with Crippen molar-refractivity contribution in [3.05, 3.63) is 59.7 Å². The van der Waals surface area contributed by atoms with Crippen molar-refractivity contribution in [1.29, 1.82) is 0 Å². The Labute approximate surface area is 192 Å². The van der Waals surface area contributed by atoms with E-state index in [2.05, 4.69) is 17.9 Å². The van der Waals surface area contributed by atoms with E-state index in [0.717, 1.165) is 0 Å². The topological polar surface area (TPSA) is 111 Å². The highest BCUT2D eigenvalue weighted by molar-refractivity contribution is 7.81. The molecular formula is C23H27NO7S. The van der Waals surface area contributed by atoms with Gasteiger partial charge in [0.15, 0.2) is 11.5 Å². The Hall–Kier alpha value is -3.20. The molecule has 0 heterocycles. The lowest BCUT2D eigenvalue weighted by atomic mass is 9.79. The van der Waals surface area contributed by atoms with Crippen molar-refractivity contribution in [2.75, 3.05) is 19.5 Å². The molecule has 2 N–H and O–H groups in total. The summed E-state index contributed by atoms with van der Waals surface area (Å²) in [5, 5.41) is 12.4. The van der Waals surface area contributed by atoms with Crippen LogP contribution < -0.4 is 10.1 Å². The van der Waals surface area contributed by atoms with Gasteiger partial charge in [-0.1, -0.05) is 38.1 Å². The van der Waals surface area contributed by atoms with Gasteiger partial charge in [0, 0.05) is 11.0 Å². The summed E-state index contributed by atoms with van der Waals surface area (Å²) >= 11 is 3.87. The number of benzene rings is 2. The monoisotopic (exact) mass is 461 g/mol. The summed E-state index contributed by atoms with van der Waals surface area (Å²) in [6.45, 7) is 3.72. The third kappa shape index (κ3) is 6.91. The summed E-state index contributed by atoms with van der Waals surface area (Å²) in [4.78, 5) is 36.3. The number of alkyl carbamates (subject to hydrolysis) is 1. The standard InChI is InChI=1S/C23H27NO7S/c1-23(2,11-12-30-19(26)14-32)20(16-9-10-18(29-3)17(25)13-16)31-22(28)24-21(27)15-7-5-4-6-8-15/h4-10,13,20,25,32H,11-12,14H2,1-3H3,(H,24,27,28)/t20-/m0/s1. The molecule has 0 bridgehead atoms. The van der Waals surface area contributed by atoms with Crippen molar-refractivity contribution in [3.63, 3.8) is 0 Å². The summed E-state index contributed by atoms with van der Waals surface area (Å²) in [5.74, 6) is -0.979. The van der Waals surface area contributed by atoms with Crippen LogP contribution in [-0.4, -0.2) is 42.5 Å². The van der Waals surface area contributed by atoms with E-state index < -0.39 is 29.5 Å². The van der Waals surface area contributed by atoms with Crippen LogP contribution in [0.4, 0.5) is 4.79 Å². The fourth-order valence-electron chi connectivity index (χ4n) is 3.04. The molecule has 0 aliphatic rings. The fourth-order valence-corrected chi connectivity index (χ4v) is 3.14. The molecule has 0 aliphatic carbocycles. The third-order valence-electron chi connectivity index (χ3n) is 4.83. The largest absolute Gasteiger partial charge is 0.504 e. The van der Waals surface area contributed by atoms with Gasteiger partial charge < -0.3 is 19.3 Å². The molecule has 0 spiro atoms. The molecule has 0 saturated carbocycles. The zero-order valence-electron chi connectivity index (χ0n) is 18.2. The summed E-state index contributed by atoms with van der Waals surface area (Å²) in [6.07, 6.45) is -1.48. The van der Waals surface area contributed by atoms with Crippen LogP contribution in [0.15, 0.2) is 48.5 Å². The Bertz CT molecular complexity index is 947. The molecule has 0 saturated heterocycles. The van der Waals surface area contributed by atoms with Gasteiger partial charge in [0.05, 0.1) is 19.5 Å². The number of hydrogen-bond donors (Lipinski definition) is 3. The Kier molecular flexibility index (Phi) is 8.95. The molecule has 32 heavy (non-hydrogen) atoms. The van der Waals surface area contributed by atoms with Gasteiger partial charge >= 0.3 is 12.1 Å². The van der Waals surface area contributed by atoms with Gasteiger partial charge in [0.25, 0.3) is 5.91 Å². The van der Waals surface area contributed by atoms with E-state index >= 15 is 0 Å². The highest BCUT2D eigenvalue weighted by Crippen LogP contribution is 2.42. The first-order valence-corrected chi connectivity index (χ1v) is 10.5. The summed E-state index contributed by atoms with van der Waals surface area (Å²) < 4.78 is 15.8.